The van der Waals surface area contributed by atoms with E-state index in [0.29, 0.717) is 36.4 Å². The zero-order chi connectivity index (χ0) is 14.8. The van der Waals surface area contributed by atoms with Crippen LogP contribution >= 0.6 is 11.3 Å². The number of hydrogen-bond donors (Lipinski definition) is 1. The molecule has 1 aromatic heterocycles. The van der Waals surface area contributed by atoms with Crippen LogP contribution in [-0.4, -0.2) is 32.4 Å². The van der Waals surface area contributed by atoms with Crippen LogP contribution in [0.5, 0.6) is 0 Å². The lowest BCUT2D eigenvalue weighted by atomic mass is 9.90. The SMILES string of the molecule is CCNCc1sccc1S(=O)(=O)N1CCC(C)C(C)C1. The van der Waals surface area contributed by atoms with E-state index in [1.165, 1.54) is 11.3 Å². The highest BCUT2D eigenvalue weighted by Gasteiger charge is 2.33. The van der Waals surface area contributed by atoms with Gasteiger partial charge in [-0.3, -0.25) is 0 Å². The van der Waals surface area contributed by atoms with Crippen molar-refractivity contribution in [3.8, 4) is 0 Å². The van der Waals surface area contributed by atoms with Gasteiger partial charge in [-0.05, 0) is 36.2 Å². The van der Waals surface area contributed by atoms with Crippen molar-refractivity contribution >= 4 is 21.4 Å². The van der Waals surface area contributed by atoms with Crippen LogP contribution in [0.2, 0.25) is 0 Å². The van der Waals surface area contributed by atoms with Gasteiger partial charge in [-0.25, -0.2) is 8.42 Å². The van der Waals surface area contributed by atoms with Crippen LogP contribution in [-0.2, 0) is 16.6 Å². The first-order valence-corrected chi connectivity index (χ1v) is 9.56. The zero-order valence-corrected chi connectivity index (χ0v) is 14.1. The molecule has 2 rings (SSSR count). The van der Waals surface area contributed by atoms with Crippen molar-refractivity contribution in [3.63, 3.8) is 0 Å². The summed E-state index contributed by atoms with van der Waals surface area (Å²) < 4.78 is 27.2. The third-order valence-electron chi connectivity index (χ3n) is 4.15. The van der Waals surface area contributed by atoms with Gasteiger partial charge >= 0.3 is 0 Å². The summed E-state index contributed by atoms with van der Waals surface area (Å²) >= 11 is 1.51. The summed E-state index contributed by atoms with van der Waals surface area (Å²) in [7, 11) is -3.33. The molecule has 1 fully saturated rings. The molecule has 1 aliphatic heterocycles. The largest absolute Gasteiger partial charge is 0.312 e. The second-order valence-electron chi connectivity index (χ2n) is 5.59. The molecular formula is C14H24N2O2S2. The molecule has 2 atom stereocenters. The molecular weight excluding hydrogens is 292 g/mol. The summed E-state index contributed by atoms with van der Waals surface area (Å²) in [6.07, 6.45) is 0.951. The van der Waals surface area contributed by atoms with Crippen LogP contribution in [0.3, 0.4) is 0 Å². The van der Waals surface area contributed by atoms with E-state index in [1.54, 1.807) is 10.4 Å². The standard InChI is InChI=1S/C14H24N2O2S2/c1-4-15-9-13-14(6-8-19-13)20(17,18)16-7-5-11(2)12(3)10-16/h6,8,11-12,15H,4-5,7,9-10H2,1-3H3. The first-order valence-electron chi connectivity index (χ1n) is 7.24. The Morgan fingerprint density at radius 2 is 2.15 bits per heavy atom. The predicted octanol–water partition coefficient (Wildman–Crippen LogP) is 2.52. The molecule has 2 heterocycles. The number of rotatable bonds is 5. The predicted molar refractivity (Wildman–Crippen MR) is 83.4 cm³/mol. The fourth-order valence-electron chi connectivity index (χ4n) is 2.51. The molecule has 2 unspecified atom stereocenters. The maximum atomic E-state index is 12.8. The van der Waals surface area contributed by atoms with E-state index in [4.69, 9.17) is 0 Å². The van der Waals surface area contributed by atoms with Crippen LogP contribution in [0.1, 0.15) is 32.1 Å². The van der Waals surface area contributed by atoms with Gasteiger partial charge in [0.25, 0.3) is 0 Å². The van der Waals surface area contributed by atoms with E-state index in [1.807, 2.05) is 12.3 Å². The molecule has 0 aliphatic carbocycles. The zero-order valence-electron chi connectivity index (χ0n) is 12.4. The van der Waals surface area contributed by atoms with E-state index in [0.717, 1.165) is 17.8 Å². The van der Waals surface area contributed by atoms with Crippen LogP contribution in [0.15, 0.2) is 16.3 Å². The average Bonchev–Trinajstić information content (AvgIpc) is 2.88. The Morgan fingerprint density at radius 1 is 1.40 bits per heavy atom. The molecule has 0 saturated carbocycles. The summed E-state index contributed by atoms with van der Waals surface area (Å²) in [5, 5.41) is 5.08. The minimum Gasteiger partial charge on any atom is -0.312 e. The van der Waals surface area contributed by atoms with Gasteiger partial charge in [-0.1, -0.05) is 20.8 Å². The number of nitrogens with one attached hydrogen (secondary N) is 1. The van der Waals surface area contributed by atoms with Crippen LogP contribution in [0, 0.1) is 11.8 Å². The van der Waals surface area contributed by atoms with E-state index in [2.05, 4.69) is 19.2 Å². The Kier molecular flexibility index (Phi) is 5.23. The number of thiophene rings is 1. The van der Waals surface area contributed by atoms with Crippen molar-refractivity contribution in [2.45, 2.75) is 38.6 Å². The monoisotopic (exact) mass is 316 g/mol. The van der Waals surface area contributed by atoms with Gasteiger partial charge < -0.3 is 5.32 Å². The molecule has 1 saturated heterocycles. The topological polar surface area (TPSA) is 49.4 Å². The lowest BCUT2D eigenvalue weighted by Gasteiger charge is -2.34. The van der Waals surface area contributed by atoms with Crippen molar-refractivity contribution < 1.29 is 8.42 Å². The van der Waals surface area contributed by atoms with Crippen molar-refractivity contribution in [1.29, 1.82) is 0 Å². The lowest BCUT2D eigenvalue weighted by molar-refractivity contribution is 0.212. The number of piperidine rings is 1. The van der Waals surface area contributed by atoms with Gasteiger partial charge in [0.15, 0.2) is 0 Å². The molecule has 6 heteroatoms. The summed E-state index contributed by atoms with van der Waals surface area (Å²) in [4.78, 5) is 1.41. The first kappa shape index (κ1) is 15.9. The van der Waals surface area contributed by atoms with Gasteiger partial charge in [0.2, 0.25) is 10.0 Å². The number of sulfonamides is 1. The second-order valence-corrected chi connectivity index (χ2v) is 8.50. The normalized spacial score (nSPS) is 24.9. The molecule has 0 spiro atoms. The van der Waals surface area contributed by atoms with Crippen molar-refractivity contribution in [2.75, 3.05) is 19.6 Å². The van der Waals surface area contributed by atoms with Crippen LogP contribution in [0.4, 0.5) is 0 Å². The van der Waals surface area contributed by atoms with Gasteiger partial charge in [-0.2, -0.15) is 4.31 Å². The minimum absolute atomic E-state index is 0.425. The smallest absolute Gasteiger partial charge is 0.244 e. The van der Waals surface area contributed by atoms with Crippen molar-refractivity contribution in [2.24, 2.45) is 11.8 Å². The average molecular weight is 316 g/mol. The highest BCUT2D eigenvalue weighted by Crippen LogP contribution is 2.30. The Bertz CT molecular complexity index is 539. The quantitative estimate of drug-likeness (QED) is 0.908. The van der Waals surface area contributed by atoms with Gasteiger partial charge in [0.05, 0.1) is 4.90 Å². The Labute approximate surface area is 126 Å². The maximum Gasteiger partial charge on any atom is 0.244 e. The first-order chi connectivity index (χ1) is 9.46. The Morgan fingerprint density at radius 3 is 2.80 bits per heavy atom. The molecule has 0 aromatic carbocycles. The highest BCUT2D eigenvalue weighted by molar-refractivity contribution is 7.89. The lowest BCUT2D eigenvalue weighted by Crippen LogP contribution is -2.42. The molecule has 114 valence electrons. The fraction of sp³-hybridized carbons (Fsp3) is 0.714. The minimum atomic E-state index is -3.33. The third-order valence-corrected chi connectivity index (χ3v) is 7.15. The van der Waals surface area contributed by atoms with Crippen LogP contribution < -0.4 is 5.32 Å². The molecule has 4 nitrogen and oxygen atoms in total. The van der Waals surface area contributed by atoms with E-state index >= 15 is 0 Å². The van der Waals surface area contributed by atoms with Gasteiger partial charge in [0, 0.05) is 24.5 Å². The summed E-state index contributed by atoms with van der Waals surface area (Å²) in [5.74, 6) is 1.03. The summed E-state index contributed by atoms with van der Waals surface area (Å²) in [6.45, 7) is 9.12. The maximum absolute atomic E-state index is 12.8. The summed E-state index contributed by atoms with van der Waals surface area (Å²) in [6, 6.07) is 1.75. The number of nitrogens with zero attached hydrogens (tertiary/aromatic N) is 1. The Balaban J connectivity index is 2.20. The Hall–Kier alpha value is -0.430. The van der Waals surface area contributed by atoms with Gasteiger partial charge in [0.1, 0.15) is 0 Å². The van der Waals surface area contributed by atoms with E-state index < -0.39 is 10.0 Å². The number of hydrogen-bond acceptors (Lipinski definition) is 4. The van der Waals surface area contributed by atoms with E-state index in [9.17, 15) is 8.42 Å². The highest BCUT2D eigenvalue weighted by atomic mass is 32.2. The second kappa shape index (κ2) is 6.56. The van der Waals surface area contributed by atoms with Gasteiger partial charge in [-0.15, -0.1) is 11.3 Å². The molecule has 20 heavy (non-hydrogen) atoms. The van der Waals surface area contributed by atoms with E-state index in [-0.39, 0.29) is 0 Å². The third kappa shape index (κ3) is 3.24. The molecule has 0 bridgehead atoms. The fourth-order valence-corrected chi connectivity index (χ4v) is 5.45. The summed E-state index contributed by atoms with van der Waals surface area (Å²) in [5.41, 5.74) is 0. The molecule has 0 radical (unpaired) electrons. The molecule has 1 aromatic rings. The van der Waals surface area contributed by atoms with Crippen LogP contribution in [0.25, 0.3) is 0 Å². The van der Waals surface area contributed by atoms with Crippen molar-refractivity contribution in [3.05, 3.63) is 16.3 Å². The van der Waals surface area contributed by atoms with Crippen molar-refractivity contribution in [1.82, 2.24) is 9.62 Å². The molecule has 1 aliphatic rings. The molecule has 1 N–H and O–H groups in total. The molecule has 0 amide bonds.